The van der Waals surface area contributed by atoms with Crippen molar-refractivity contribution in [2.24, 2.45) is 0 Å². The lowest BCUT2D eigenvalue weighted by Crippen LogP contribution is -2.48. The maximum atomic E-state index is 12.2. The number of nitrogens with one attached hydrogen (secondary N) is 1. The van der Waals surface area contributed by atoms with E-state index < -0.39 is 0 Å². The molecule has 1 saturated heterocycles. The zero-order valence-electron chi connectivity index (χ0n) is 22.1. The summed E-state index contributed by atoms with van der Waals surface area (Å²) in [6.07, 6.45) is 9.42. The molecule has 0 unspecified atom stereocenters. The lowest BCUT2D eigenvalue weighted by molar-refractivity contribution is -0.116. The summed E-state index contributed by atoms with van der Waals surface area (Å²) in [5.41, 5.74) is 4.77. The first-order valence-electron chi connectivity index (χ1n) is 13.7. The van der Waals surface area contributed by atoms with Gasteiger partial charge in [-0.3, -0.25) is 14.7 Å². The summed E-state index contributed by atoms with van der Waals surface area (Å²) in [5.74, 6) is -0.0425. The van der Waals surface area contributed by atoms with Crippen LogP contribution in [-0.4, -0.2) is 60.0 Å². The van der Waals surface area contributed by atoms with Crippen LogP contribution in [0.15, 0.2) is 85.1 Å². The average Bonchev–Trinajstić information content (AvgIpc) is 2.95. The highest BCUT2D eigenvalue weighted by atomic mass is 16.1. The maximum Gasteiger partial charge on any atom is 0.243 e. The molecule has 1 N–H and O–H groups in total. The van der Waals surface area contributed by atoms with Gasteiger partial charge in [-0.05, 0) is 54.6 Å². The van der Waals surface area contributed by atoms with Crippen LogP contribution < -0.4 is 5.32 Å². The molecule has 37 heavy (non-hydrogen) atoms. The zero-order valence-corrected chi connectivity index (χ0v) is 22.1. The fourth-order valence-corrected chi connectivity index (χ4v) is 4.97. The highest BCUT2D eigenvalue weighted by Gasteiger charge is 2.26. The van der Waals surface area contributed by atoms with Crippen molar-refractivity contribution >= 4 is 12.0 Å². The van der Waals surface area contributed by atoms with E-state index >= 15 is 0 Å². The van der Waals surface area contributed by atoms with E-state index in [-0.39, 0.29) is 5.91 Å². The smallest absolute Gasteiger partial charge is 0.243 e. The number of carbonyl (C=O) groups is 1. The number of aryl methyl sites for hydroxylation is 1. The lowest BCUT2D eigenvalue weighted by Gasteiger charge is -2.39. The molecule has 5 nitrogen and oxygen atoms in total. The highest BCUT2D eigenvalue weighted by molar-refractivity contribution is 5.91. The molecule has 5 heteroatoms. The third kappa shape index (κ3) is 8.38. The maximum absolute atomic E-state index is 12.2. The van der Waals surface area contributed by atoms with Gasteiger partial charge in [-0.2, -0.15) is 0 Å². The number of unbranched alkanes of at least 4 members (excludes halogenated alkanes) is 1. The number of carbonyl (C=O) groups excluding carboxylic acids is 1. The van der Waals surface area contributed by atoms with Gasteiger partial charge in [0.25, 0.3) is 0 Å². The number of aromatic nitrogens is 1. The molecule has 4 rings (SSSR count). The number of piperazine rings is 1. The number of pyridine rings is 1. The summed E-state index contributed by atoms with van der Waals surface area (Å²) in [6, 6.07) is 26.1. The lowest BCUT2D eigenvalue weighted by atomic mass is 9.96. The van der Waals surface area contributed by atoms with Crippen molar-refractivity contribution in [3.8, 4) is 0 Å². The summed E-state index contributed by atoms with van der Waals surface area (Å²) in [5, 5.41) is 3.01. The molecule has 0 saturated carbocycles. The predicted octanol–water partition coefficient (Wildman–Crippen LogP) is 5.35. The van der Waals surface area contributed by atoms with Crippen LogP contribution in [0.2, 0.25) is 0 Å². The van der Waals surface area contributed by atoms with E-state index in [0.717, 1.165) is 69.7 Å². The Morgan fingerprint density at radius 3 is 2.19 bits per heavy atom. The second kappa shape index (κ2) is 14.5. The molecule has 2 heterocycles. The summed E-state index contributed by atoms with van der Waals surface area (Å²) in [6.45, 7) is 8.22. The molecule has 3 aromatic rings. The monoisotopic (exact) mass is 496 g/mol. The topological polar surface area (TPSA) is 48.5 Å². The van der Waals surface area contributed by atoms with Gasteiger partial charge in [0.15, 0.2) is 0 Å². The summed E-state index contributed by atoms with van der Waals surface area (Å²) >= 11 is 0. The minimum Gasteiger partial charge on any atom is -0.353 e. The molecular weight excluding hydrogens is 456 g/mol. The number of benzene rings is 2. The molecule has 194 valence electrons. The fourth-order valence-electron chi connectivity index (χ4n) is 4.97. The van der Waals surface area contributed by atoms with Crippen molar-refractivity contribution in [2.45, 2.75) is 38.6 Å². The Morgan fingerprint density at radius 1 is 0.919 bits per heavy atom. The van der Waals surface area contributed by atoms with E-state index in [2.05, 4.69) is 87.7 Å². The molecule has 0 bridgehead atoms. The van der Waals surface area contributed by atoms with Gasteiger partial charge >= 0.3 is 0 Å². The van der Waals surface area contributed by atoms with Crippen LogP contribution in [0.3, 0.4) is 0 Å². The van der Waals surface area contributed by atoms with E-state index in [1.165, 1.54) is 11.1 Å². The van der Waals surface area contributed by atoms with Crippen molar-refractivity contribution in [3.05, 3.63) is 107 Å². The normalized spacial score (nSPS) is 14.9. The van der Waals surface area contributed by atoms with Crippen molar-refractivity contribution in [1.29, 1.82) is 0 Å². The predicted molar refractivity (Wildman–Crippen MR) is 152 cm³/mol. The quantitative estimate of drug-likeness (QED) is 0.271. The first-order valence-corrected chi connectivity index (χ1v) is 13.7. The minimum atomic E-state index is -0.0425. The zero-order chi connectivity index (χ0) is 25.7. The number of hydrogen-bond acceptors (Lipinski definition) is 4. The second-order valence-corrected chi connectivity index (χ2v) is 9.77. The Bertz CT molecular complexity index is 1050. The van der Waals surface area contributed by atoms with Crippen LogP contribution in [0.5, 0.6) is 0 Å². The number of rotatable bonds is 12. The molecule has 1 aliphatic rings. The van der Waals surface area contributed by atoms with Gasteiger partial charge in [-0.25, -0.2) is 0 Å². The van der Waals surface area contributed by atoms with Gasteiger partial charge in [-0.1, -0.05) is 80.1 Å². The van der Waals surface area contributed by atoms with Gasteiger partial charge in [0, 0.05) is 50.7 Å². The van der Waals surface area contributed by atoms with Crippen LogP contribution in [0.1, 0.15) is 54.6 Å². The average molecular weight is 497 g/mol. The second-order valence-electron chi connectivity index (χ2n) is 9.77. The van der Waals surface area contributed by atoms with Crippen molar-refractivity contribution < 1.29 is 4.79 Å². The third-order valence-corrected chi connectivity index (χ3v) is 6.98. The van der Waals surface area contributed by atoms with E-state index in [4.69, 9.17) is 0 Å². The highest BCUT2D eigenvalue weighted by Crippen LogP contribution is 2.29. The van der Waals surface area contributed by atoms with E-state index in [0.29, 0.717) is 12.6 Å². The number of amides is 1. The summed E-state index contributed by atoms with van der Waals surface area (Å²) < 4.78 is 0. The van der Waals surface area contributed by atoms with E-state index in [1.54, 1.807) is 6.08 Å². The van der Waals surface area contributed by atoms with Gasteiger partial charge < -0.3 is 10.2 Å². The molecule has 0 radical (unpaired) electrons. The Morgan fingerprint density at radius 2 is 1.59 bits per heavy atom. The Balaban J connectivity index is 1.15. The van der Waals surface area contributed by atoms with Gasteiger partial charge in [-0.15, -0.1) is 0 Å². The Hall–Kier alpha value is -3.28. The molecule has 1 amide bonds. The van der Waals surface area contributed by atoms with Gasteiger partial charge in [0.2, 0.25) is 5.91 Å². The fraction of sp³-hybridized carbons (Fsp3) is 0.375. The standard InChI is InChI=1S/C32H40N4O/c1-2-11-30-18-16-27(26-34-30)17-19-31(37)33-20-9-10-21-35-22-24-36(25-23-35)32(28-12-5-3-6-13-28)29-14-7-4-8-15-29/h3-8,12-19,26,32H,2,9-11,20-25H2,1H3,(H,33,37)/b19-17+. The van der Waals surface area contributed by atoms with Crippen LogP contribution in [0.25, 0.3) is 6.08 Å². The summed E-state index contributed by atoms with van der Waals surface area (Å²) in [4.78, 5) is 21.7. The summed E-state index contributed by atoms with van der Waals surface area (Å²) in [7, 11) is 0. The van der Waals surface area contributed by atoms with Crippen LogP contribution in [0.4, 0.5) is 0 Å². The SMILES string of the molecule is CCCc1ccc(/C=C/C(=O)NCCCCN2CCN(C(c3ccccc3)c3ccccc3)CC2)cn1. The van der Waals surface area contributed by atoms with Crippen LogP contribution >= 0.6 is 0 Å². The minimum absolute atomic E-state index is 0.0425. The molecule has 0 aliphatic carbocycles. The molecule has 2 aromatic carbocycles. The first-order chi connectivity index (χ1) is 18.2. The third-order valence-electron chi connectivity index (χ3n) is 6.98. The van der Waals surface area contributed by atoms with Crippen molar-refractivity contribution in [1.82, 2.24) is 20.1 Å². The van der Waals surface area contributed by atoms with E-state index in [1.807, 2.05) is 24.4 Å². The molecular formula is C32H40N4O. The van der Waals surface area contributed by atoms with Crippen LogP contribution in [0, 0.1) is 0 Å². The largest absolute Gasteiger partial charge is 0.353 e. The molecule has 1 aliphatic heterocycles. The number of nitrogens with zero attached hydrogens (tertiary/aromatic N) is 3. The first kappa shape index (κ1) is 26.8. The molecule has 0 spiro atoms. The Kier molecular flexibility index (Phi) is 10.5. The van der Waals surface area contributed by atoms with Crippen molar-refractivity contribution in [2.75, 3.05) is 39.3 Å². The van der Waals surface area contributed by atoms with E-state index in [9.17, 15) is 4.79 Å². The van der Waals surface area contributed by atoms with Gasteiger partial charge in [0.05, 0.1) is 6.04 Å². The Labute approximate surface area is 222 Å². The molecule has 0 atom stereocenters. The molecule has 1 aromatic heterocycles. The van der Waals surface area contributed by atoms with Crippen molar-refractivity contribution in [3.63, 3.8) is 0 Å². The van der Waals surface area contributed by atoms with Gasteiger partial charge in [0.1, 0.15) is 0 Å². The molecule has 1 fully saturated rings. The number of hydrogen-bond donors (Lipinski definition) is 1. The van der Waals surface area contributed by atoms with Crippen LogP contribution in [-0.2, 0) is 11.2 Å².